The summed E-state index contributed by atoms with van der Waals surface area (Å²) in [6.07, 6.45) is 7.10. The third kappa shape index (κ3) is 3.96. The molecule has 0 radical (unpaired) electrons. The molecule has 1 saturated carbocycles. The Balaban J connectivity index is 1.44. The van der Waals surface area contributed by atoms with Crippen molar-refractivity contribution in [1.29, 1.82) is 0 Å². The first kappa shape index (κ1) is 17.9. The highest BCUT2D eigenvalue weighted by molar-refractivity contribution is 5.64. The molecule has 2 aromatic heterocycles. The topological polar surface area (TPSA) is 67.9 Å². The SMILES string of the molecule is Cc1ccc(CN[C@@H]2CC(Cn3cccn3)C[C@H]2O)c(-c2ccnn2C)c1. The predicted molar refractivity (Wildman–Crippen MR) is 105 cm³/mol. The van der Waals surface area contributed by atoms with Crippen molar-refractivity contribution in [3.63, 3.8) is 0 Å². The third-order valence-electron chi connectivity index (χ3n) is 5.55. The lowest BCUT2D eigenvalue weighted by Crippen LogP contribution is -2.35. The Bertz CT molecular complexity index is 886. The van der Waals surface area contributed by atoms with E-state index in [1.54, 1.807) is 6.20 Å². The first-order chi connectivity index (χ1) is 13.1. The van der Waals surface area contributed by atoms with E-state index >= 15 is 0 Å². The van der Waals surface area contributed by atoms with Crippen LogP contribution in [0.25, 0.3) is 11.3 Å². The second-order valence-corrected chi connectivity index (χ2v) is 7.62. The first-order valence-electron chi connectivity index (χ1n) is 9.57. The van der Waals surface area contributed by atoms with Crippen molar-refractivity contribution in [3.8, 4) is 11.3 Å². The van der Waals surface area contributed by atoms with Gasteiger partial charge in [-0.2, -0.15) is 10.2 Å². The van der Waals surface area contributed by atoms with E-state index in [9.17, 15) is 5.11 Å². The molecule has 2 heterocycles. The van der Waals surface area contributed by atoms with E-state index in [2.05, 4.69) is 40.6 Å². The number of hydrogen-bond acceptors (Lipinski definition) is 4. The van der Waals surface area contributed by atoms with Crippen LogP contribution >= 0.6 is 0 Å². The lowest BCUT2D eigenvalue weighted by molar-refractivity contribution is 0.145. The van der Waals surface area contributed by atoms with E-state index in [1.165, 1.54) is 16.7 Å². The molecule has 0 amide bonds. The van der Waals surface area contributed by atoms with Crippen molar-refractivity contribution in [1.82, 2.24) is 24.9 Å². The molecule has 1 aromatic carbocycles. The zero-order valence-corrected chi connectivity index (χ0v) is 15.9. The molecule has 3 aromatic rings. The van der Waals surface area contributed by atoms with Gasteiger partial charge in [0.15, 0.2) is 0 Å². The molecule has 6 nitrogen and oxygen atoms in total. The van der Waals surface area contributed by atoms with Gasteiger partial charge in [-0.15, -0.1) is 0 Å². The molecule has 1 aliphatic carbocycles. The van der Waals surface area contributed by atoms with Crippen LogP contribution in [0.15, 0.2) is 48.9 Å². The van der Waals surface area contributed by atoms with Gasteiger partial charge in [0.05, 0.1) is 11.8 Å². The molecule has 0 aliphatic heterocycles. The quantitative estimate of drug-likeness (QED) is 0.704. The van der Waals surface area contributed by atoms with Crippen LogP contribution < -0.4 is 5.32 Å². The first-order valence-corrected chi connectivity index (χ1v) is 9.57. The predicted octanol–water partition coefficient (Wildman–Crippen LogP) is 2.52. The Morgan fingerprint density at radius 1 is 1.19 bits per heavy atom. The van der Waals surface area contributed by atoms with Gasteiger partial charge in [-0.05, 0) is 49.4 Å². The summed E-state index contributed by atoms with van der Waals surface area (Å²) in [5, 5.41) is 22.7. The molecule has 142 valence electrons. The highest BCUT2D eigenvalue weighted by Gasteiger charge is 2.32. The van der Waals surface area contributed by atoms with Crippen LogP contribution in [-0.4, -0.2) is 36.8 Å². The van der Waals surface area contributed by atoms with Crippen LogP contribution in [0.5, 0.6) is 0 Å². The van der Waals surface area contributed by atoms with E-state index in [-0.39, 0.29) is 12.1 Å². The lowest BCUT2D eigenvalue weighted by atomic mass is 10.0. The Kier molecular flexibility index (Phi) is 5.09. The van der Waals surface area contributed by atoms with Crippen molar-refractivity contribution in [2.24, 2.45) is 13.0 Å². The summed E-state index contributed by atoms with van der Waals surface area (Å²) < 4.78 is 3.86. The molecule has 0 saturated heterocycles. The molecule has 6 heteroatoms. The van der Waals surface area contributed by atoms with Crippen LogP contribution in [0.4, 0.5) is 0 Å². The van der Waals surface area contributed by atoms with Crippen molar-refractivity contribution in [3.05, 3.63) is 60.0 Å². The van der Waals surface area contributed by atoms with E-state index in [4.69, 9.17) is 0 Å². The second kappa shape index (κ2) is 7.66. The highest BCUT2D eigenvalue weighted by atomic mass is 16.3. The van der Waals surface area contributed by atoms with E-state index in [0.717, 1.165) is 31.6 Å². The number of benzene rings is 1. The Hall–Kier alpha value is -2.44. The minimum atomic E-state index is -0.309. The summed E-state index contributed by atoms with van der Waals surface area (Å²) in [4.78, 5) is 0. The normalized spacial score (nSPS) is 22.4. The fourth-order valence-corrected chi connectivity index (χ4v) is 4.12. The molecular weight excluding hydrogens is 338 g/mol. The van der Waals surface area contributed by atoms with E-state index in [0.29, 0.717) is 5.92 Å². The molecule has 0 spiro atoms. The van der Waals surface area contributed by atoms with Crippen LogP contribution in [-0.2, 0) is 20.1 Å². The molecule has 1 unspecified atom stereocenters. The number of aromatic nitrogens is 4. The Morgan fingerprint density at radius 3 is 2.81 bits per heavy atom. The summed E-state index contributed by atoms with van der Waals surface area (Å²) in [6.45, 7) is 3.71. The summed E-state index contributed by atoms with van der Waals surface area (Å²) in [5.74, 6) is 0.451. The van der Waals surface area contributed by atoms with E-state index < -0.39 is 0 Å². The van der Waals surface area contributed by atoms with Crippen LogP contribution in [0, 0.1) is 12.8 Å². The van der Waals surface area contributed by atoms with Gasteiger partial charge in [-0.1, -0.05) is 17.7 Å². The second-order valence-electron chi connectivity index (χ2n) is 7.62. The van der Waals surface area contributed by atoms with Gasteiger partial charge >= 0.3 is 0 Å². The molecule has 27 heavy (non-hydrogen) atoms. The number of aryl methyl sites for hydroxylation is 2. The van der Waals surface area contributed by atoms with Gasteiger partial charge in [0, 0.05) is 50.3 Å². The zero-order valence-electron chi connectivity index (χ0n) is 15.9. The van der Waals surface area contributed by atoms with Crippen molar-refractivity contribution in [2.45, 2.75) is 45.0 Å². The number of nitrogens with zero attached hydrogens (tertiary/aromatic N) is 4. The van der Waals surface area contributed by atoms with E-state index in [1.807, 2.05) is 40.9 Å². The van der Waals surface area contributed by atoms with Gasteiger partial charge in [0.1, 0.15) is 0 Å². The van der Waals surface area contributed by atoms with Gasteiger partial charge in [0.2, 0.25) is 0 Å². The maximum absolute atomic E-state index is 10.5. The molecule has 4 rings (SSSR count). The Morgan fingerprint density at radius 2 is 2.07 bits per heavy atom. The minimum Gasteiger partial charge on any atom is -0.391 e. The fraction of sp³-hybridized carbons (Fsp3) is 0.429. The van der Waals surface area contributed by atoms with Gasteiger partial charge in [-0.3, -0.25) is 9.36 Å². The summed E-state index contributed by atoms with van der Waals surface area (Å²) in [7, 11) is 1.97. The Labute approximate surface area is 159 Å². The largest absolute Gasteiger partial charge is 0.391 e. The molecule has 0 bridgehead atoms. The van der Waals surface area contributed by atoms with Crippen molar-refractivity contribution < 1.29 is 5.11 Å². The molecule has 3 atom stereocenters. The maximum Gasteiger partial charge on any atom is 0.0696 e. The molecular formula is C21H27N5O. The van der Waals surface area contributed by atoms with Crippen LogP contribution in [0.1, 0.15) is 24.0 Å². The average molecular weight is 365 g/mol. The zero-order chi connectivity index (χ0) is 18.8. The summed E-state index contributed by atoms with van der Waals surface area (Å²) >= 11 is 0. The molecule has 1 aliphatic rings. The van der Waals surface area contributed by atoms with Gasteiger partial charge in [0.25, 0.3) is 0 Å². The highest BCUT2D eigenvalue weighted by Crippen LogP contribution is 2.29. The monoisotopic (exact) mass is 365 g/mol. The number of rotatable bonds is 6. The fourth-order valence-electron chi connectivity index (χ4n) is 4.12. The third-order valence-corrected chi connectivity index (χ3v) is 5.55. The number of nitrogens with one attached hydrogen (secondary N) is 1. The molecule has 1 fully saturated rings. The number of aliphatic hydroxyl groups excluding tert-OH is 1. The minimum absolute atomic E-state index is 0.117. The number of aliphatic hydroxyl groups is 1. The molecule has 2 N–H and O–H groups in total. The van der Waals surface area contributed by atoms with Crippen LogP contribution in [0.2, 0.25) is 0 Å². The van der Waals surface area contributed by atoms with Crippen LogP contribution in [0.3, 0.4) is 0 Å². The summed E-state index contributed by atoms with van der Waals surface area (Å²) in [5.41, 5.74) is 4.77. The van der Waals surface area contributed by atoms with Crippen molar-refractivity contribution >= 4 is 0 Å². The van der Waals surface area contributed by atoms with Gasteiger partial charge < -0.3 is 10.4 Å². The number of hydrogen-bond donors (Lipinski definition) is 2. The maximum atomic E-state index is 10.5. The lowest BCUT2D eigenvalue weighted by Gasteiger charge is -2.18. The van der Waals surface area contributed by atoms with Crippen molar-refractivity contribution in [2.75, 3.05) is 0 Å². The average Bonchev–Trinajstić information content (AvgIpc) is 3.37. The summed E-state index contributed by atoms with van der Waals surface area (Å²) in [6, 6.07) is 10.6. The smallest absolute Gasteiger partial charge is 0.0696 e. The van der Waals surface area contributed by atoms with Gasteiger partial charge in [-0.25, -0.2) is 0 Å². The standard InChI is InChI=1S/C21H27N5O/c1-15-4-5-17(18(10-15)20-6-8-23-25(20)2)13-22-19-11-16(12-21(19)27)14-26-9-3-7-24-26/h3-10,16,19,21-22,27H,11-14H2,1-2H3/t16?,19-,21-/m1/s1.